The van der Waals surface area contributed by atoms with Crippen molar-refractivity contribution in [3.05, 3.63) is 47.2 Å². The number of methoxy groups -OCH3 is 1. The molecule has 1 aliphatic heterocycles. The molecule has 1 aromatic heterocycles. The van der Waals surface area contributed by atoms with Crippen molar-refractivity contribution in [1.82, 2.24) is 20.5 Å². The van der Waals surface area contributed by atoms with Gasteiger partial charge in [-0.15, -0.1) is 0 Å². The molecule has 158 valence electrons. The number of hydrogen-bond acceptors (Lipinski definition) is 5. The Morgan fingerprint density at radius 3 is 2.52 bits per heavy atom. The van der Waals surface area contributed by atoms with Crippen LogP contribution in [0.2, 0.25) is 0 Å². The van der Waals surface area contributed by atoms with E-state index in [0.29, 0.717) is 18.4 Å². The minimum atomic E-state index is 0.536. The van der Waals surface area contributed by atoms with Crippen molar-refractivity contribution in [2.75, 3.05) is 33.8 Å². The summed E-state index contributed by atoms with van der Waals surface area (Å²) in [6.07, 6.45) is 2.39. The zero-order chi connectivity index (χ0) is 20.6. The lowest BCUT2D eigenvalue weighted by Gasteiger charge is -2.32. The zero-order valence-electron chi connectivity index (χ0n) is 18.0. The van der Waals surface area contributed by atoms with Crippen LogP contribution in [0.4, 0.5) is 0 Å². The summed E-state index contributed by atoms with van der Waals surface area (Å²) < 4.78 is 10.8. The van der Waals surface area contributed by atoms with Gasteiger partial charge in [0.15, 0.2) is 5.96 Å². The number of likely N-dealkylation sites (tertiary alicyclic amines) is 1. The fraction of sp³-hybridized carbons (Fsp3) is 0.545. The zero-order valence-corrected chi connectivity index (χ0v) is 18.0. The van der Waals surface area contributed by atoms with Gasteiger partial charge in [0.05, 0.1) is 19.3 Å². The molecule has 1 aromatic carbocycles. The van der Waals surface area contributed by atoms with Gasteiger partial charge in [0.1, 0.15) is 11.5 Å². The van der Waals surface area contributed by atoms with Crippen molar-refractivity contribution in [3.63, 3.8) is 0 Å². The average molecular weight is 400 g/mol. The summed E-state index contributed by atoms with van der Waals surface area (Å²) in [7, 11) is 3.49. The van der Waals surface area contributed by atoms with E-state index >= 15 is 0 Å². The molecular weight excluding hydrogens is 366 g/mol. The number of guanidine groups is 1. The molecule has 2 aromatic rings. The van der Waals surface area contributed by atoms with Crippen LogP contribution >= 0.6 is 0 Å². The second kappa shape index (κ2) is 10.3. The lowest BCUT2D eigenvalue weighted by Crippen LogP contribution is -2.42. The number of aryl methyl sites for hydroxylation is 2. The topological polar surface area (TPSA) is 74.9 Å². The SMILES string of the molecule is CN=C(NCc1nc(C)c(C)o1)NCC1CCN(Cc2ccc(OC)cc2)CC1. The fourth-order valence-corrected chi connectivity index (χ4v) is 3.57. The Balaban J connectivity index is 1.37. The number of benzene rings is 1. The standard InChI is InChI=1S/C22H33N5O2/c1-16-17(2)29-21(26-16)14-25-22(23-3)24-13-18-9-11-27(12-10-18)15-19-5-7-20(28-4)8-6-19/h5-8,18H,9-15H2,1-4H3,(H2,23,24,25). The molecule has 7 heteroatoms. The monoisotopic (exact) mass is 399 g/mol. The largest absolute Gasteiger partial charge is 0.497 e. The maximum atomic E-state index is 5.61. The van der Waals surface area contributed by atoms with E-state index in [9.17, 15) is 0 Å². The van der Waals surface area contributed by atoms with Gasteiger partial charge in [0.2, 0.25) is 5.89 Å². The van der Waals surface area contributed by atoms with Crippen LogP contribution in [-0.4, -0.2) is 49.6 Å². The summed E-state index contributed by atoms with van der Waals surface area (Å²) >= 11 is 0. The number of nitrogens with one attached hydrogen (secondary N) is 2. The van der Waals surface area contributed by atoms with Gasteiger partial charge in [-0.2, -0.15) is 0 Å². The van der Waals surface area contributed by atoms with Crippen LogP contribution in [0, 0.1) is 19.8 Å². The summed E-state index contributed by atoms with van der Waals surface area (Å²) in [6, 6.07) is 8.37. The first-order valence-electron chi connectivity index (χ1n) is 10.3. The fourth-order valence-electron chi connectivity index (χ4n) is 3.57. The van der Waals surface area contributed by atoms with Gasteiger partial charge in [-0.3, -0.25) is 9.89 Å². The molecule has 0 bridgehead atoms. The van der Waals surface area contributed by atoms with Gasteiger partial charge < -0.3 is 19.8 Å². The highest BCUT2D eigenvalue weighted by molar-refractivity contribution is 5.79. The minimum absolute atomic E-state index is 0.536. The second-order valence-electron chi connectivity index (χ2n) is 7.62. The third-order valence-corrected chi connectivity index (χ3v) is 5.53. The van der Waals surface area contributed by atoms with Crippen LogP contribution < -0.4 is 15.4 Å². The predicted octanol–water partition coefficient (Wildman–Crippen LogP) is 2.88. The van der Waals surface area contributed by atoms with Crippen LogP contribution in [0.15, 0.2) is 33.7 Å². The molecule has 0 amide bonds. The number of hydrogen-bond donors (Lipinski definition) is 2. The summed E-state index contributed by atoms with van der Waals surface area (Å²) in [5, 5.41) is 6.72. The first kappa shape index (κ1) is 21.2. The number of aliphatic imine (C=N–C) groups is 1. The van der Waals surface area contributed by atoms with E-state index in [-0.39, 0.29) is 0 Å². The van der Waals surface area contributed by atoms with E-state index in [1.54, 1.807) is 14.2 Å². The number of nitrogens with zero attached hydrogens (tertiary/aromatic N) is 3. The van der Waals surface area contributed by atoms with Crippen LogP contribution in [-0.2, 0) is 13.1 Å². The Morgan fingerprint density at radius 2 is 1.93 bits per heavy atom. The van der Waals surface area contributed by atoms with Crippen LogP contribution in [0.25, 0.3) is 0 Å². The highest BCUT2D eigenvalue weighted by Crippen LogP contribution is 2.19. The van der Waals surface area contributed by atoms with E-state index in [1.807, 2.05) is 26.0 Å². The molecule has 2 N–H and O–H groups in total. The molecule has 3 rings (SSSR count). The van der Waals surface area contributed by atoms with Gasteiger partial charge in [0, 0.05) is 20.1 Å². The molecule has 0 aliphatic carbocycles. The molecule has 29 heavy (non-hydrogen) atoms. The Bertz CT molecular complexity index is 773. The lowest BCUT2D eigenvalue weighted by molar-refractivity contribution is 0.178. The van der Waals surface area contributed by atoms with E-state index in [1.165, 1.54) is 18.4 Å². The van der Waals surface area contributed by atoms with Gasteiger partial charge in [-0.05, 0) is 63.4 Å². The second-order valence-corrected chi connectivity index (χ2v) is 7.62. The molecule has 0 unspecified atom stereocenters. The summed E-state index contributed by atoms with van der Waals surface area (Å²) in [5.74, 6) is 3.92. The molecule has 2 heterocycles. The lowest BCUT2D eigenvalue weighted by atomic mass is 9.96. The molecule has 0 radical (unpaired) electrons. The van der Waals surface area contributed by atoms with Crippen molar-refractivity contribution in [3.8, 4) is 5.75 Å². The van der Waals surface area contributed by atoms with Crippen LogP contribution in [0.1, 0.15) is 35.7 Å². The molecular formula is C22H33N5O2. The van der Waals surface area contributed by atoms with Crippen LogP contribution in [0.5, 0.6) is 5.75 Å². The maximum Gasteiger partial charge on any atom is 0.214 e. The van der Waals surface area contributed by atoms with E-state index in [4.69, 9.17) is 9.15 Å². The number of oxazole rings is 1. The molecule has 0 atom stereocenters. The van der Waals surface area contributed by atoms with E-state index in [2.05, 4.69) is 37.6 Å². The summed E-state index contributed by atoms with van der Waals surface area (Å²) in [5.41, 5.74) is 2.27. The van der Waals surface area contributed by atoms with Gasteiger partial charge in [0.25, 0.3) is 0 Å². The Kier molecular flexibility index (Phi) is 7.52. The average Bonchev–Trinajstić information content (AvgIpc) is 3.07. The predicted molar refractivity (Wildman–Crippen MR) is 115 cm³/mol. The molecule has 1 aliphatic rings. The number of piperidine rings is 1. The molecule has 7 nitrogen and oxygen atoms in total. The molecule has 1 saturated heterocycles. The van der Waals surface area contributed by atoms with Gasteiger partial charge in [-0.25, -0.2) is 4.98 Å². The van der Waals surface area contributed by atoms with Crippen LogP contribution in [0.3, 0.4) is 0 Å². The normalized spacial score (nSPS) is 16.1. The quantitative estimate of drug-likeness (QED) is 0.551. The smallest absolute Gasteiger partial charge is 0.214 e. The van der Waals surface area contributed by atoms with Crippen molar-refractivity contribution in [2.24, 2.45) is 10.9 Å². The Hall–Kier alpha value is -2.54. The number of ether oxygens (including phenoxy) is 1. The maximum absolute atomic E-state index is 5.61. The highest BCUT2D eigenvalue weighted by atomic mass is 16.5. The van der Waals surface area contributed by atoms with Crippen molar-refractivity contribution in [2.45, 2.75) is 39.8 Å². The minimum Gasteiger partial charge on any atom is -0.497 e. The van der Waals surface area contributed by atoms with E-state index < -0.39 is 0 Å². The van der Waals surface area contributed by atoms with Crippen molar-refractivity contribution in [1.29, 1.82) is 0 Å². The van der Waals surface area contributed by atoms with Gasteiger partial charge >= 0.3 is 0 Å². The first-order chi connectivity index (χ1) is 14.1. The van der Waals surface area contributed by atoms with Crippen molar-refractivity contribution >= 4 is 5.96 Å². The third-order valence-electron chi connectivity index (χ3n) is 5.53. The summed E-state index contributed by atoms with van der Waals surface area (Å²) in [6.45, 7) is 8.60. The molecule has 0 saturated carbocycles. The van der Waals surface area contributed by atoms with Gasteiger partial charge in [-0.1, -0.05) is 12.1 Å². The first-order valence-corrected chi connectivity index (χ1v) is 10.3. The Morgan fingerprint density at radius 1 is 1.21 bits per heavy atom. The van der Waals surface area contributed by atoms with Crippen molar-refractivity contribution < 1.29 is 9.15 Å². The third kappa shape index (κ3) is 6.22. The molecule has 1 fully saturated rings. The van der Waals surface area contributed by atoms with E-state index in [0.717, 1.165) is 49.3 Å². The number of aromatic nitrogens is 1. The number of rotatable bonds is 7. The highest BCUT2D eigenvalue weighted by Gasteiger charge is 2.19. The summed E-state index contributed by atoms with van der Waals surface area (Å²) in [4.78, 5) is 11.2. The Labute approximate surface area is 173 Å². The molecule has 0 spiro atoms.